The third-order valence-electron chi connectivity index (χ3n) is 16.9. The third-order valence-corrected chi connectivity index (χ3v) is 16.9. The first kappa shape index (κ1) is 78.9. The van der Waals surface area contributed by atoms with Crippen LogP contribution in [-0.4, -0.2) is 37.2 Å². The molecule has 0 aliphatic rings. The van der Waals surface area contributed by atoms with E-state index in [1.165, 1.54) is 315 Å². The van der Waals surface area contributed by atoms with Crippen LogP contribution in [0.5, 0.6) is 0 Å². The normalized spacial score (nSPS) is 12.1. The van der Waals surface area contributed by atoms with E-state index in [-0.39, 0.29) is 31.1 Å². The highest BCUT2D eigenvalue weighted by Gasteiger charge is 2.20. The van der Waals surface area contributed by atoms with Gasteiger partial charge in [0.25, 0.3) is 0 Å². The fraction of sp³-hybridized carbons (Fsp3) is 0.907. The summed E-state index contributed by atoms with van der Waals surface area (Å²) in [7, 11) is 0. The Kier molecular flexibility index (Phi) is 68.5. The Hall–Kier alpha value is -2.11. The second-order valence-corrected chi connectivity index (χ2v) is 25.2. The Morgan fingerprint density at radius 3 is 0.630 bits per heavy atom. The van der Waals surface area contributed by atoms with E-state index < -0.39 is 6.10 Å². The molecule has 1 atom stereocenters. The largest absolute Gasteiger partial charge is 0.462 e. The number of allylic oxidation sites excluding steroid dienone is 4. The lowest BCUT2D eigenvalue weighted by Gasteiger charge is -2.18. The minimum Gasteiger partial charge on any atom is -0.462 e. The van der Waals surface area contributed by atoms with Crippen molar-refractivity contribution in [3.8, 4) is 0 Å². The van der Waals surface area contributed by atoms with Crippen LogP contribution < -0.4 is 0 Å². The lowest BCUT2D eigenvalue weighted by Crippen LogP contribution is -2.30. The van der Waals surface area contributed by atoms with Crippen LogP contribution in [0.15, 0.2) is 24.3 Å². The Bertz CT molecular complexity index is 1310. The molecule has 6 nitrogen and oxygen atoms in total. The molecule has 0 aromatic carbocycles. The molecule has 0 saturated heterocycles. The van der Waals surface area contributed by atoms with Crippen molar-refractivity contribution in [1.29, 1.82) is 0 Å². The van der Waals surface area contributed by atoms with Crippen molar-refractivity contribution >= 4 is 17.9 Å². The summed E-state index contributed by atoms with van der Waals surface area (Å²) >= 11 is 0. The zero-order valence-electron chi connectivity index (χ0n) is 55.1. The molecule has 0 aromatic rings. The molecule has 0 aliphatic heterocycles. The van der Waals surface area contributed by atoms with E-state index in [2.05, 4.69) is 45.1 Å². The lowest BCUT2D eigenvalue weighted by atomic mass is 10.0. The van der Waals surface area contributed by atoms with Gasteiger partial charge in [-0.25, -0.2) is 0 Å². The molecule has 0 spiro atoms. The molecule has 0 fully saturated rings. The van der Waals surface area contributed by atoms with Crippen LogP contribution in [-0.2, 0) is 28.6 Å². The van der Waals surface area contributed by atoms with Crippen LogP contribution >= 0.6 is 0 Å². The summed E-state index contributed by atoms with van der Waals surface area (Å²) in [6.45, 7) is 6.70. The van der Waals surface area contributed by atoms with E-state index in [0.717, 1.165) is 64.2 Å². The van der Waals surface area contributed by atoms with Gasteiger partial charge in [0, 0.05) is 19.3 Å². The molecular weight excluding hydrogens is 997 g/mol. The zero-order chi connectivity index (χ0) is 58.5. The summed E-state index contributed by atoms with van der Waals surface area (Å²) in [5.74, 6) is -0.843. The smallest absolute Gasteiger partial charge is 0.306 e. The number of esters is 3. The Morgan fingerprint density at radius 1 is 0.235 bits per heavy atom. The molecule has 0 radical (unpaired) electrons. The van der Waals surface area contributed by atoms with Crippen molar-refractivity contribution in [3.63, 3.8) is 0 Å². The summed E-state index contributed by atoms with van der Waals surface area (Å²) in [5.41, 5.74) is 0. The highest BCUT2D eigenvalue weighted by atomic mass is 16.6. The molecule has 0 aliphatic carbocycles. The van der Waals surface area contributed by atoms with E-state index in [0.29, 0.717) is 19.3 Å². The van der Waals surface area contributed by atoms with Gasteiger partial charge in [-0.2, -0.15) is 0 Å². The summed E-state index contributed by atoms with van der Waals surface area (Å²) in [6.07, 6.45) is 86.5. The van der Waals surface area contributed by atoms with Crippen LogP contribution in [0.1, 0.15) is 419 Å². The molecule has 478 valence electrons. The summed E-state index contributed by atoms with van der Waals surface area (Å²) in [4.78, 5) is 38.4. The van der Waals surface area contributed by atoms with Crippen molar-refractivity contribution in [2.75, 3.05) is 13.2 Å². The maximum Gasteiger partial charge on any atom is 0.306 e. The van der Waals surface area contributed by atoms with Crippen molar-refractivity contribution in [2.24, 2.45) is 0 Å². The molecule has 0 bridgehead atoms. The highest BCUT2D eigenvalue weighted by Crippen LogP contribution is 2.19. The minimum atomic E-state index is -0.772. The molecule has 0 aromatic heterocycles. The standard InChI is InChI=1S/C75H142O6/c1-4-7-10-13-16-19-22-25-27-29-31-33-35-36-37-38-40-41-43-45-47-50-53-56-59-62-65-68-74(77)80-71-72(70-79-73(76)67-64-61-58-55-52-49-24-21-18-15-12-9-6-3)81-75(78)69-66-63-60-57-54-51-48-46-44-42-39-34-32-30-28-26-23-20-17-14-11-8-5-2/h21,24,29,31,72H,4-20,22-23,25-28,30,32-71H2,1-3H3/b24-21-,31-29-. The number of rotatable bonds is 69. The topological polar surface area (TPSA) is 78.9 Å². The predicted octanol–water partition coefficient (Wildman–Crippen LogP) is 25.3. The monoisotopic (exact) mass is 1140 g/mol. The molecule has 1 unspecified atom stereocenters. The highest BCUT2D eigenvalue weighted by molar-refractivity contribution is 5.71. The average molecular weight is 1140 g/mol. The van der Waals surface area contributed by atoms with Gasteiger partial charge in [-0.1, -0.05) is 353 Å². The van der Waals surface area contributed by atoms with Crippen LogP contribution in [0, 0.1) is 0 Å². The van der Waals surface area contributed by atoms with Gasteiger partial charge in [0.2, 0.25) is 0 Å². The SMILES string of the molecule is CCCCCC/C=C\CCCCCCCC(=O)OCC(COC(=O)CCCCCCCCCCCCCCCCC/C=C\CCCCCCCCCC)OC(=O)CCCCCCCCCCCCCCCCCCCCCCCCC. The predicted molar refractivity (Wildman–Crippen MR) is 353 cm³/mol. The van der Waals surface area contributed by atoms with Crippen molar-refractivity contribution in [1.82, 2.24) is 0 Å². The van der Waals surface area contributed by atoms with Crippen molar-refractivity contribution < 1.29 is 28.6 Å². The summed E-state index contributed by atoms with van der Waals surface area (Å²) in [6, 6.07) is 0. The number of hydrogen-bond donors (Lipinski definition) is 0. The molecule has 0 amide bonds. The van der Waals surface area contributed by atoms with Gasteiger partial charge in [0.1, 0.15) is 13.2 Å². The minimum absolute atomic E-state index is 0.0677. The summed E-state index contributed by atoms with van der Waals surface area (Å²) in [5, 5.41) is 0. The van der Waals surface area contributed by atoms with Crippen molar-refractivity contribution in [3.05, 3.63) is 24.3 Å². The Morgan fingerprint density at radius 2 is 0.407 bits per heavy atom. The third kappa shape index (κ3) is 68.6. The second kappa shape index (κ2) is 70.4. The molecule has 0 N–H and O–H groups in total. The second-order valence-electron chi connectivity index (χ2n) is 25.2. The fourth-order valence-corrected chi connectivity index (χ4v) is 11.4. The zero-order valence-corrected chi connectivity index (χ0v) is 55.1. The van der Waals surface area contributed by atoms with Crippen LogP contribution in [0.3, 0.4) is 0 Å². The Balaban J connectivity index is 4.19. The average Bonchev–Trinajstić information content (AvgIpc) is 3.46. The number of hydrogen-bond acceptors (Lipinski definition) is 6. The van der Waals surface area contributed by atoms with Gasteiger partial charge in [0.05, 0.1) is 0 Å². The molecule has 0 rings (SSSR count). The van der Waals surface area contributed by atoms with Gasteiger partial charge in [0.15, 0.2) is 6.10 Å². The first-order chi connectivity index (χ1) is 40.0. The molecule has 0 saturated carbocycles. The summed E-state index contributed by atoms with van der Waals surface area (Å²) < 4.78 is 17.0. The van der Waals surface area contributed by atoms with E-state index in [1.54, 1.807) is 0 Å². The van der Waals surface area contributed by atoms with Crippen molar-refractivity contribution in [2.45, 2.75) is 425 Å². The Labute approximate surface area is 506 Å². The first-order valence-corrected chi connectivity index (χ1v) is 36.8. The van der Waals surface area contributed by atoms with E-state index in [4.69, 9.17) is 14.2 Å². The molecule has 81 heavy (non-hydrogen) atoms. The van der Waals surface area contributed by atoms with Crippen LogP contribution in [0.25, 0.3) is 0 Å². The number of unbranched alkanes of at least 4 members (excludes halogenated alkanes) is 54. The lowest BCUT2D eigenvalue weighted by molar-refractivity contribution is -0.167. The number of carbonyl (C=O) groups excluding carboxylic acids is 3. The van der Waals surface area contributed by atoms with Gasteiger partial charge in [-0.3, -0.25) is 14.4 Å². The maximum absolute atomic E-state index is 13.0. The molecule has 0 heterocycles. The van der Waals surface area contributed by atoms with Crippen LogP contribution in [0.2, 0.25) is 0 Å². The van der Waals surface area contributed by atoms with Crippen LogP contribution in [0.4, 0.5) is 0 Å². The van der Waals surface area contributed by atoms with Gasteiger partial charge in [-0.05, 0) is 70.6 Å². The molecule has 6 heteroatoms. The molecular formula is C75H142O6. The van der Waals surface area contributed by atoms with E-state index in [1.807, 2.05) is 0 Å². The van der Waals surface area contributed by atoms with Gasteiger partial charge in [-0.15, -0.1) is 0 Å². The van der Waals surface area contributed by atoms with Gasteiger partial charge < -0.3 is 14.2 Å². The van der Waals surface area contributed by atoms with E-state index in [9.17, 15) is 14.4 Å². The van der Waals surface area contributed by atoms with Gasteiger partial charge >= 0.3 is 17.9 Å². The maximum atomic E-state index is 13.0. The van der Waals surface area contributed by atoms with E-state index >= 15 is 0 Å². The first-order valence-electron chi connectivity index (χ1n) is 36.8. The number of carbonyl (C=O) groups is 3. The number of ether oxygens (including phenoxy) is 3. The fourth-order valence-electron chi connectivity index (χ4n) is 11.4. The quantitative estimate of drug-likeness (QED) is 0.0261.